The zero-order chi connectivity index (χ0) is 12.6. The molecule has 2 unspecified atom stereocenters. The highest BCUT2D eigenvalue weighted by atomic mass is 19.2. The lowest BCUT2D eigenvalue weighted by Crippen LogP contribution is -2.30. The maximum atomic E-state index is 13.1. The highest BCUT2D eigenvalue weighted by Crippen LogP contribution is 2.26. The van der Waals surface area contributed by atoms with Crippen LogP contribution in [0.1, 0.15) is 24.9 Å². The van der Waals surface area contributed by atoms with Crippen molar-refractivity contribution in [2.75, 3.05) is 6.54 Å². The molecule has 2 N–H and O–H groups in total. The fraction of sp³-hybridized carbons (Fsp3) is 0.417. The lowest BCUT2D eigenvalue weighted by molar-refractivity contribution is -0.129. The molecule has 1 aromatic carbocycles. The Morgan fingerprint density at radius 1 is 1.41 bits per heavy atom. The molecule has 92 valence electrons. The van der Waals surface area contributed by atoms with Gasteiger partial charge in [0.2, 0.25) is 5.91 Å². The zero-order valence-electron chi connectivity index (χ0n) is 9.49. The molecule has 17 heavy (non-hydrogen) atoms. The molecule has 0 bridgehead atoms. The SMILES string of the molecule is CC(c1ccc(F)c(F)c1)N1CC(N)CC1=O. The van der Waals surface area contributed by atoms with Crippen LogP contribution in [-0.2, 0) is 4.79 Å². The van der Waals surface area contributed by atoms with E-state index in [1.807, 2.05) is 0 Å². The van der Waals surface area contributed by atoms with Crippen LogP contribution in [0, 0.1) is 11.6 Å². The third-order valence-electron chi connectivity index (χ3n) is 3.08. The summed E-state index contributed by atoms with van der Waals surface area (Å²) >= 11 is 0. The molecule has 0 aromatic heterocycles. The Morgan fingerprint density at radius 2 is 2.12 bits per heavy atom. The van der Waals surface area contributed by atoms with E-state index in [0.29, 0.717) is 18.5 Å². The van der Waals surface area contributed by atoms with Gasteiger partial charge in [0.05, 0.1) is 6.04 Å². The topological polar surface area (TPSA) is 46.3 Å². The molecule has 1 saturated heterocycles. The second kappa shape index (κ2) is 4.41. The summed E-state index contributed by atoms with van der Waals surface area (Å²) in [5.41, 5.74) is 6.26. The second-order valence-electron chi connectivity index (χ2n) is 4.36. The molecule has 0 saturated carbocycles. The molecule has 1 aliphatic heterocycles. The molecule has 1 aromatic rings. The number of likely N-dealkylation sites (tertiary alicyclic amines) is 1. The van der Waals surface area contributed by atoms with Crippen LogP contribution in [0.2, 0.25) is 0 Å². The molecule has 1 aliphatic rings. The summed E-state index contributed by atoms with van der Waals surface area (Å²) in [7, 11) is 0. The van der Waals surface area contributed by atoms with Gasteiger partial charge in [0.25, 0.3) is 0 Å². The fourth-order valence-electron chi connectivity index (χ4n) is 2.09. The molecule has 2 rings (SSSR count). The second-order valence-corrected chi connectivity index (χ2v) is 4.36. The standard InChI is InChI=1S/C12H14F2N2O/c1-7(16-6-9(15)5-12(16)17)8-2-3-10(13)11(14)4-8/h2-4,7,9H,5-6,15H2,1H3. The van der Waals surface area contributed by atoms with E-state index in [9.17, 15) is 13.6 Å². The average Bonchev–Trinajstić information content (AvgIpc) is 2.61. The Balaban J connectivity index is 2.22. The van der Waals surface area contributed by atoms with Crippen LogP contribution in [0.3, 0.4) is 0 Å². The monoisotopic (exact) mass is 240 g/mol. The number of hydrogen-bond acceptors (Lipinski definition) is 2. The molecular weight excluding hydrogens is 226 g/mol. The fourth-order valence-corrected chi connectivity index (χ4v) is 2.09. The van der Waals surface area contributed by atoms with Gasteiger partial charge in [-0.2, -0.15) is 0 Å². The lowest BCUT2D eigenvalue weighted by Gasteiger charge is -2.25. The smallest absolute Gasteiger partial charge is 0.224 e. The highest BCUT2D eigenvalue weighted by Gasteiger charge is 2.31. The van der Waals surface area contributed by atoms with Crippen molar-refractivity contribution >= 4 is 5.91 Å². The van der Waals surface area contributed by atoms with Gasteiger partial charge >= 0.3 is 0 Å². The van der Waals surface area contributed by atoms with E-state index >= 15 is 0 Å². The quantitative estimate of drug-likeness (QED) is 0.853. The zero-order valence-corrected chi connectivity index (χ0v) is 9.49. The van der Waals surface area contributed by atoms with Gasteiger partial charge in [0, 0.05) is 19.0 Å². The molecule has 3 nitrogen and oxygen atoms in total. The summed E-state index contributed by atoms with van der Waals surface area (Å²) in [6.07, 6.45) is 0.314. The summed E-state index contributed by atoms with van der Waals surface area (Å²) in [6.45, 7) is 2.24. The van der Waals surface area contributed by atoms with Gasteiger partial charge in [-0.25, -0.2) is 8.78 Å². The van der Waals surface area contributed by atoms with Crippen LogP contribution in [0.4, 0.5) is 8.78 Å². The number of nitrogens with two attached hydrogens (primary N) is 1. The molecule has 0 aliphatic carbocycles. The number of carbonyl (C=O) groups is 1. The number of amides is 1. The first kappa shape index (κ1) is 12.0. The summed E-state index contributed by atoms with van der Waals surface area (Å²) in [6, 6.07) is 3.22. The van der Waals surface area contributed by atoms with E-state index in [1.54, 1.807) is 11.8 Å². The van der Waals surface area contributed by atoms with Gasteiger partial charge < -0.3 is 10.6 Å². The van der Waals surface area contributed by atoms with Crippen LogP contribution >= 0.6 is 0 Å². The van der Waals surface area contributed by atoms with Crippen LogP contribution in [-0.4, -0.2) is 23.4 Å². The minimum atomic E-state index is -0.898. The maximum absolute atomic E-state index is 13.1. The van der Waals surface area contributed by atoms with Gasteiger partial charge in [-0.05, 0) is 24.6 Å². The van der Waals surface area contributed by atoms with Crippen molar-refractivity contribution in [1.82, 2.24) is 4.90 Å². The Kier molecular flexibility index (Phi) is 3.11. The first-order chi connectivity index (χ1) is 7.99. The van der Waals surface area contributed by atoms with Gasteiger partial charge in [-0.1, -0.05) is 6.07 Å². The normalized spacial score (nSPS) is 22.0. The Labute approximate surface area is 98.2 Å². The number of carbonyl (C=O) groups excluding carboxylic acids is 1. The van der Waals surface area contributed by atoms with Crippen LogP contribution in [0.15, 0.2) is 18.2 Å². The number of nitrogens with zero attached hydrogens (tertiary/aromatic N) is 1. The largest absolute Gasteiger partial charge is 0.334 e. The Morgan fingerprint density at radius 3 is 2.65 bits per heavy atom. The Hall–Kier alpha value is -1.49. The third-order valence-corrected chi connectivity index (χ3v) is 3.08. The van der Waals surface area contributed by atoms with Crippen molar-refractivity contribution in [3.63, 3.8) is 0 Å². The van der Waals surface area contributed by atoms with Crippen LogP contribution in [0.5, 0.6) is 0 Å². The first-order valence-electron chi connectivity index (χ1n) is 5.49. The number of halogens is 2. The van der Waals surface area contributed by atoms with Gasteiger partial charge in [0.15, 0.2) is 11.6 Å². The van der Waals surface area contributed by atoms with E-state index < -0.39 is 11.6 Å². The van der Waals surface area contributed by atoms with Crippen molar-refractivity contribution in [2.24, 2.45) is 5.73 Å². The van der Waals surface area contributed by atoms with Crippen molar-refractivity contribution < 1.29 is 13.6 Å². The van der Waals surface area contributed by atoms with E-state index in [0.717, 1.165) is 12.1 Å². The molecule has 0 spiro atoms. The molecule has 1 heterocycles. The predicted molar refractivity (Wildman–Crippen MR) is 59.1 cm³/mol. The number of rotatable bonds is 2. The van der Waals surface area contributed by atoms with E-state index in [2.05, 4.69) is 0 Å². The highest BCUT2D eigenvalue weighted by molar-refractivity contribution is 5.79. The van der Waals surface area contributed by atoms with Gasteiger partial charge in [-0.3, -0.25) is 4.79 Å². The van der Waals surface area contributed by atoms with Crippen molar-refractivity contribution in [3.8, 4) is 0 Å². The van der Waals surface area contributed by atoms with E-state index in [4.69, 9.17) is 5.73 Å². The Bertz CT molecular complexity index is 450. The molecule has 5 heteroatoms. The molecule has 0 radical (unpaired) electrons. The maximum Gasteiger partial charge on any atom is 0.224 e. The molecule has 1 amide bonds. The summed E-state index contributed by atoms with van der Waals surface area (Å²) in [4.78, 5) is 13.2. The lowest BCUT2D eigenvalue weighted by atomic mass is 10.1. The van der Waals surface area contributed by atoms with Crippen LogP contribution < -0.4 is 5.73 Å². The van der Waals surface area contributed by atoms with Gasteiger partial charge in [0.1, 0.15) is 0 Å². The summed E-state index contributed by atoms with van der Waals surface area (Å²) in [5.74, 6) is -1.83. The molecule has 1 fully saturated rings. The number of hydrogen-bond donors (Lipinski definition) is 1. The number of benzene rings is 1. The predicted octanol–water partition coefficient (Wildman–Crippen LogP) is 1.59. The molecular formula is C12H14F2N2O. The van der Waals surface area contributed by atoms with Crippen molar-refractivity contribution in [1.29, 1.82) is 0 Å². The minimum absolute atomic E-state index is 0.0465. The van der Waals surface area contributed by atoms with Crippen LogP contribution in [0.25, 0.3) is 0 Å². The average molecular weight is 240 g/mol. The minimum Gasteiger partial charge on any atom is -0.334 e. The van der Waals surface area contributed by atoms with Crippen molar-refractivity contribution in [3.05, 3.63) is 35.4 Å². The van der Waals surface area contributed by atoms with E-state index in [-0.39, 0.29) is 18.0 Å². The van der Waals surface area contributed by atoms with Crippen molar-refractivity contribution in [2.45, 2.75) is 25.4 Å². The first-order valence-corrected chi connectivity index (χ1v) is 5.49. The van der Waals surface area contributed by atoms with E-state index in [1.165, 1.54) is 6.07 Å². The van der Waals surface area contributed by atoms with Gasteiger partial charge in [-0.15, -0.1) is 0 Å². The summed E-state index contributed by atoms with van der Waals surface area (Å²) < 4.78 is 25.9. The summed E-state index contributed by atoms with van der Waals surface area (Å²) in [5, 5.41) is 0. The molecule has 2 atom stereocenters. The third kappa shape index (κ3) is 2.29.